The van der Waals surface area contributed by atoms with Crippen LogP contribution < -0.4 is 0 Å². The molecule has 0 aliphatic heterocycles. The van der Waals surface area contributed by atoms with Crippen LogP contribution in [0.2, 0.25) is 0 Å². The molecule has 0 radical (unpaired) electrons. The zero-order chi connectivity index (χ0) is 15.5. The van der Waals surface area contributed by atoms with Crippen molar-refractivity contribution in [2.24, 2.45) is 17.3 Å². The standard InChI is InChI=1S/C19H23IO2/c1-2-19-8-7-12-13(15(19)5-6-18(19)22)4-3-11-9-17(21)16(20)10-14(11)12/h9-10,12-13,15,21H,2-8H2,1H3/t12-,13+,15-,19-/m0/s1. The van der Waals surface area contributed by atoms with E-state index < -0.39 is 0 Å². The van der Waals surface area contributed by atoms with E-state index in [1.54, 1.807) is 0 Å². The maximum absolute atomic E-state index is 12.5. The lowest BCUT2D eigenvalue weighted by molar-refractivity contribution is -0.131. The van der Waals surface area contributed by atoms with Crippen molar-refractivity contribution >= 4 is 28.4 Å². The number of aryl methyl sites for hydroxylation is 1. The number of fused-ring (bicyclic) bond motifs is 5. The van der Waals surface area contributed by atoms with Gasteiger partial charge in [0.15, 0.2) is 0 Å². The summed E-state index contributed by atoms with van der Waals surface area (Å²) in [6.45, 7) is 2.22. The summed E-state index contributed by atoms with van der Waals surface area (Å²) in [7, 11) is 0. The smallest absolute Gasteiger partial charge is 0.139 e. The fourth-order valence-corrected chi connectivity index (χ4v) is 6.30. The summed E-state index contributed by atoms with van der Waals surface area (Å²) >= 11 is 2.23. The fourth-order valence-electron chi connectivity index (χ4n) is 5.80. The first-order chi connectivity index (χ1) is 10.6. The topological polar surface area (TPSA) is 37.3 Å². The summed E-state index contributed by atoms with van der Waals surface area (Å²) in [5.74, 6) is 2.85. The summed E-state index contributed by atoms with van der Waals surface area (Å²) < 4.78 is 0.965. The highest BCUT2D eigenvalue weighted by Crippen LogP contribution is 2.61. The van der Waals surface area contributed by atoms with E-state index in [1.807, 2.05) is 6.07 Å². The van der Waals surface area contributed by atoms with E-state index in [9.17, 15) is 9.90 Å². The summed E-state index contributed by atoms with van der Waals surface area (Å²) in [5, 5.41) is 9.98. The van der Waals surface area contributed by atoms with E-state index in [4.69, 9.17) is 0 Å². The summed E-state index contributed by atoms with van der Waals surface area (Å²) in [6, 6.07) is 4.19. The van der Waals surface area contributed by atoms with Gasteiger partial charge in [-0.2, -0.15) is 0 Å². The molecule has 3 aliphatic carbocycles. The SMILES string of the molecule is CC[C@]12CC[C@@H]3c4cc(I)c(O)cc4CC[C@H]3[C@@H]1CCC2=O. The average molecular weight is 410 g/mol. The highest BCUT2D eigenvalue weighted by molar-refractivity contribution is 14.1. The number of hydrogen-bond donors (Lipinski definition) is 1. The molecule has 1 aromatic rings. The second-order valence-corrected chi connectivity index (χ2v) is 8.59. The average Bonchev–Trinajstić information content (AvgIpc) is 2.86. The van der Waals surface area contributed by atoms with Gasteiger partial charge in [-0.3, -0.25) is 4.79 Å². The molecule has 4 atom stereocenters. The molecule has 118 valence electrons. The molecule has 1 N–H and O–H groups in total. The molecule has 1 aromatic carbocycles. The van der Waals surface area contributed by atoms with Gasteiger partial charge < -0.3 is 5.11 Å². The van der Waals surface area contributed by atoms with Crippen LogP contribution in [0.4, 0.5) is 0 Å². The number of phenols is 1. The zero-order valence-corrected chi connectivity index (χ0v) is 15.2. The Morgan fingerprint density at radius 1 is 1.27 bits per heavy atom. The highest BCUT2D eigenvalue weighted by Gasteiger charge is 2.56. The van der Waals surface area contributed by atoms with Crippen LogP contribution in [0.25, 0.3) is 0 Å². The van der Waals surface area contributed by atoms with Crippen LogP contribution in [0.5, 0.6) is 5.75 Å². The molecule has 4 rings (SSSR count). The second-order valence-electron chi connectivity index (χ2n) is 7.43. The van der Waals surface area contributed by atoms with Crippen molar-refractivity contribution in [1.29, 1.82) is 0 Å². The number of aromatic hydroxyl groups is 1. The van der Waals surface area contributed by atoms with Crippen LogP contribution in [0, 0.1) is 20.8 Å². The van der Waals surface area contributed by atoms with Crippen molar-refractivity contribution in [1.82, 2.24) is 0 Å². The molecule has 3 aliphatic rings. The van der Waals surface area contributed by atoms with Gasteiger partial charge in [0.25, 0.3) is 0 Å². The monoisotopic (exact) mass is 410 g/mol. The molecular formula is C19H23IO2. The first kappa shape index (κ1) is 15.0. The molecule has 22 heavy (non-hydrogen) atoms. The normalized spacial score (nSPS) is 36.6. The van der Waals surface area contributed by atoms with Crippen LogP contribution in [-0.2, 0) is 11.2 Å². The third-order valence-electron chi connectivity index (χ3n) is 6.87. The van der Waals surface area contributed by atoms with Crippen molar-refractivity contribution in [2.75, 3.05) is 0 Å². The van der Waals surface area contributed by atoms with Crippen molar-refractivity contribution in [2.45, 2.75) is 57.8 Å². The number of carbonyl (C=O) groups excluding carboxylic acids is 1. The first-order valence-electron chi connectivity index (χ1n) is 8.61. The minimum atomic E-state index is 0.00272. The van der Waals surface area contributed by atoms with Crippen molar-refractivity contribution in [3.05, 3.63) is 26.8 Å². The number of carbonyl (C=O) groups is 1. The molecule has 0 unspecified atom stereocenters. The fraction of sp³-hybridized carbons (Fsp3) is 0.632. The third-order valence-corrected chi connectivity index (χ3v) is 7.73. The molecular weight excluding hydrogens is 387 g/mol. The van der Waals surface area contributed by atoms with Gasteiger partial charge in [-0.05, 0) is 102 Å². The van der Waals surface area contributed by atoms with Crippen LogP contribution in [0.3, 0.4) is 0 Å². The molecule has 2 saturated carbocycles. The third kappa shape index (κ3) is 1.93. The molecule has 0 saturated heterocycles. The minimum Gasteiger partial charge on any atom is -0.507 e. The van der Waals surface area contributed by atoms with Crippen molar-refractivity contribution in [3.8, 4) is 5.75 Å². The number of Topliss-reactive ketones (excluding diaryl/α,β-unsaturated/α-hetero) is 1. The Hall–Kier alpha value is -0.580. The Morgan fingerprint density at radius 2 is 2.09 bits per heavy atom. The Morgan fingerprint density at radius 3 is 2.86 bits per heavy atom. The number of hydrogen-bond acceptors (Lipinski definition) is 2. The minimum absolute atomic E-state index is 0.00272. The predicted molar refractivity (Wildman–Crippen MR) is 95.1 cm³/mol. The first-order valence-corrected chi connectivity index (χ1v) is 9.69. The van der Waals surface area contributed by atoms with Gasteiger partial charge in [-0.1, -0.05) is 6.92 Å². The van der Waals surface area contributed by atoms with Crippen LogP contribution in [0.15, 0.2) is 12.1 Å². The van der Waals surface area contributed by atoms with Crippen LogP contribution >= 0.6 is 22.6 Å². The maximum atomic E-state index is 12.5. The number of ketones is 1. The lowest BCUT2D eigenvalue weighted by Gasteiger charge is -2.49. The molecule has 0 aromatic heterocycles. The maximum Gasteiger partial charge on any atom is 0.139 e. The number of rotatable bonds is 1. The van der Waals surface area contributed by atoms with Crippen LogP contribution in [-0.4, -0.2) is 10.9 Å². The molecule has 0 heterocycles. The molecule has 0 spiro atoms. The van der Waals surface area contributed by atoms with E-state index in [1.165, 1.54) is 17.5 Å². The quantitative estimate of drug-likeness (QED) is 0.675. The van der Waals surface area contributed by atoms with Gasteiger partial charge in [-0.15, -0.1) is 0 Å². The molecule has 2 fully saturated rings. The highest BCUT2D eigenvalue weighted by atomic mass is 127. The molecule has 3 heteroatoms. The second kappa shape index (κ2) is 5.22. The summed E-state index contributed by atoms with van der Waals surface area (Å²) in [4.78, 5) is 12.5. The largest absolute Gasteiger partial charge is 0.507 e. The van der Waals surface area contributed by atoms with Crippen molar-refractivity contribution < 1.29 is 9.90 Å². The van der Waals surface area contributed by atoms with Gasteiger partial charge in [-0.25, -0.2) is 0 Å². The Labute approximate surface area is 145 Å². The van der Waals surface area contributed by atoms with Crippen molar-refractivity contribution in [3.63, 3.8) is 0 Å². The Balaban J connectivity index is 1.74. The van der Waals surface area contributed by atoms with E-state index in [0.29, 0.717) is 29.3 Å². The number of benzene rings is 1. The van der Waals surface area contributed by atoms with E-state index >= 15 is 0 Å². The van der Waals surface area contributed by atoms with E-state index in [2.05, 4.69) is 35.6 Å². The Bertz CT molecular complexity index is 639. The Kier molecular flexibility index (Phi) is 3.55. The van der Waals surface area contributed by atoms with Gasteiger partial charge in [0.05, 0.1) is 3.57 Å². The number of halogens is 1. The predicted octanol–water partition coefficient (Wildman–Crippen LogP) is 4.81. The molecule has 2 nitrogen and oxygen atoms in total. The summed E-state index contributed by atoms with van der Waals surface area (Å²) in [6.07, 6.45) is 7.42. The lowest BCUT2D eigenvalue weighted by atomic mass is 9.54. The molecule has 0 bridgehead atoms. The van der Waals surface area contributed by atoms with Gasteiger partial charge in [0.1, 0.15) is 11.5 Å². The number of phenolic OH excluding ortho intramolecular Hbond substituents is 1. The molecule has 0 amide bonds. The zero-order valence-electron chi connectivity index (χ0n) is 13.1. The lowest BCUT2D eigenvalue weighted by Crippen LogP contribution is -2.44. The van der Waals surface area contributed by atoms with Crippen LogP contribution in [0.1, 0.15) is 62.5 Å². The van der Waals surface area contributed by atoms with E-state index in [-0.39, 0.29) is 5.41 Å². The van der Waals surface area contributed by atoms with Gasteiger partial charge in [0.2, 0.25) is 0 Å². The van der Waals surface area contributed by atoms with Gasteiger partial charge >= 0.3 is 0 Å². The summed E-state index contributed by atoms with van der Waals surface area (Å²) in [5.41, 5.74) is 2.80. The van der Waals surface area contributed by atoms with E-state index in [0.717, 1.165) is 42.1 Å². The van der Waals surface area contributed by atoms with Gasteiger partial charge in [0, 0.05) is 11.8 Å².